The van der Waals surface area contributed by atoms with Crippen LogP contribution in [0.15, 0.2) is 24.3 Å². The van der Waals surface area contributed by atoms with Gasteiger partial charge < -0.3 is 19.7 Å². The number of fused-ring (bicyclic) bond motifs is 1. The van der Waals surface area contributed by atoms with Gasteiger partial charge in [-0.15, -0.1) is 0 Å². The molecule has 4 rings (SSSR count). The lowest BCUT2D eigenvalue weighted by molar-refractivity contribution is -0.133. The summed E-state index contributed by atoms with van der Waals surface area (Å²) in [5, 5.41) is 3.78. The molecule has 1 aromatic carbocycles. The summed E-state index contributed by atoms with van der Waals surface area (Å²) >= 11 is 0. The fraction of sp³-hybridized carbons (Fsp3) is 0.650. The second-order valence-electron chi connectivity index (χ2n) is 7.72. The van der Waals surface area contributed by atoms with Crippen molar-refractivity contribution in [2.45, 2.75) is 44.2 Å². The predicted molar refractivity (Wildman–Crippen MR) is 95.6 cm³/mol. The Morgan fingerprint density at radius 3 is 2.84 bits per heavy atom. The molecule has 5 nitrogen and oxygen atoms in total. The number of hydrogen-bond acceptors (Lipinski definition) is 4. The molecule has 1 amide bonds. The molecule has 0 bridgehead atoms. The molecule has 0 radical (unpaired) electrons. The van der Waals surface area contributed by atoms with E-state index in [2.05, 4.69) is 23.5 Å². The van der Waals surface area contributed by atoms with Crippen LogP contribution in [0.4, 0.5) is 0 Å². The minimum absolute atomic E-state index is 0.149. The Labute approximate surface area is 149 Å². The summed E-state index contributed by atoms with van der Waals surface area (Å²) in [5.74, 6) is 1.79. The second kappa shape index (κ2) is 6.96. The molecule has 5 heteroatoms. The third-order valence-electron chi connectivity index (χ3n) is 5.99. The summed E-state index contributed by atoms with van der Waals surface area (Å²) in [6.07, 6.45) is 3.94. The Bertz CT molecular complexity index is 619. The number of amides is 1. The van der Waals surface area contributed by atoms with Crippen LogP contribution < -0.4 is 10.1 Å². The van der Waals surface area contributed by atoms with Crippen molar-refractivity contribution in [3.8, 4) is 5.75 Å². The zero-order chi connectivity index (χ0) is 17.3. The minimum atomic E-state index is -0.149. The first-order valence-electron chi connectivity index (χ1n) is 9.50. The molecule has 0 aliphatic carbocycles. The van der Waals surface area contributed by atoms with Gasteiger partial charge in [-0.05, 0) is 18.4 Å². The van der Waals surface area contributed by atoms with Crippen LogP contribution in [-0.2, 0) is 9.53 Å². The van der Waals surface area contributed by atoms with E-state index in [9.17, 15) is 4.79 Å². The molecule has 1 N–H and O–H groups in total. The number of nitrogens with zero attached hydrogens (tertiary/aromatic N) is 1. The Hall–Kier alpha value is -1.59. The highest BCUT2D eigenvalue weighted by atomic mass is 16.5. The summed E-state index contributed by atoms with van der Waals surface area (Å²) in [5.41, 5.74) is 1.12. The summed E-state index contributed by atoms with van der Waals surface area (Å²) < 4.78 is 12.0. The molecule has 2 fully saturated rings. The van der Waals surface area contributed by atoms with E-state index < -0.39 is 0 Å². The standard InChI is InChI=1S/C20H28N2O3/c1-15(23)22-9-7-20(8-10-22)12-18(21-13-16-6-11-24-14-16)17-4-2-3-5-19(17)25-20/h2-5,16,18,21H,6-14H2,1H3. The summed E-state index contributed by atoms with van der Waals surface area (Å²) in [6.45, 7) is 6.00. The van der Waals surface area contributed by atoms with E-state index in [1.165, 1.54) is 5.56 Å². The van der Waals surface area contributed by atoms with E-state index in [0.29, 0.717) is 12.0 Å². The van der Waals surface area contributed by atoms with Gasteiger partial charge >= 0.3 is 0 Å². The number of benzene rings is 1. The van der Waals surface area contributed by atoms with Crippen molar-refractivity contribution in [1.29, 1.82) is 0 Å². The lowest BCUT2D eigenvalue weighted by Gasteiger charge is -2.47. The highest BCUT2D eigenvalue weighted by Gasteiger charge is 2.43. The number of carbonyl (C=O) groups excluding carboxylic acids is 1. The van der Waals surface area contributed by atoms with Gasteiger partial charge in [-0.25, -0.2) is 0 Å². The zero-order valence-corrected chi connectivity index (χ0v) is 15.0. The molecule has 3 heterocycles. The van der Waals surface area contributed by atoms with Crippen molar-refractivity contribution in [1.82, 2.24) is 10.2 Å². The quantitative estimate of drug-likeness (QED) is 0.915. The zero-order valence-electron chi connectivity index (χ0n) is 15.0. The highest BCUT2D eigenvalue weighted by molar-refractivity contribution is 5.73. The molecule has 136 valence electrons. The summed E-state index contributed by atoms with van der Waals surface area (Å²) in [7, 11) is 0. The molecule has 3 aliphatic heterocycles. The van der Waals surface area contributed by atoms with Gasteiger partial charge in [0.2, 0.25) is 5.91 Å². The van der Waals surface area contributed by atoms with Gasteiger partial charge in [-0.3, -0.25) is 4.79 Å². The van der Waals surface area contributed by atoms with Crippen LogP contribution in [0.25, 0.3) is 0 Å². The number of hydrogen-bond donors (Lipinski definition) is 1. The molecule has 0 saturated carbocycles. The fourth-order valence-electron chi connectivity index (χ4n) is 4.39. The molecule has 0 aromatic heterocycles. The van der Waals surface area contributed by atoms with Crippen molar-refractivity contribution >= 4 is 5.91 Å². The van der Waals surface area contributed by atoms with Crippen LogP contribution in [0, 0.1) is 5.92 Å². The van der Waals surface area contributed by atoms with Crippen LogP contribution in [0.1, 0.15) is 44.2 Å². The SMILES string of the molecule is CC(=O)N1CCC2(CC1)CC(NCC1CCOC1)c1ccccc1O2. The predicted octanol–water partition coefficient (Wildman–Crippen LogP) is 2.52. The Balaban J connectivity index is 1.49. The maximum atomic E-state index is 11.6. The fourth-order valence-corrected chi connectivity index (χ4v) is 4.39. The first-order valence-corrected chi connectivity index (χ1v) is 9.50. The van der Waals surface area contributed by atoms with Gasteiger partial charge in [-0.2, -0.15) is 0 Å². The molecule has 2 saturated heterocycles. The average Bonchev–Trinajstić information content (AvgIpc) is 3.13. The molecule has 3 aliphatic rings. The van der Waals surface area contributed by atoms with E-state index in [0.717, 1.165) is 64.3 Å². The van der Waals surface area contributed by atoms with Crippen LogP contribution in [-0.4, -0.2) is 49.3 Å². The molecule has 25 heavy (non-hydrogen) atoms. The smallest absolute Gasteiger partial charge is 0.219 e. The maximum absolute atomic E-state index is 11.6. The Morgan fingerprint density at radius 1 is 1.32 bits per heavy atom. The highest BCUT2D eigenvalue weighted by Crippen LogP contribution is 2.44. The lowest BCUT2D eigenvalue weighted by atomic mass is 9.80. The number of nitrogens with one attached hydrogen (secondary N) is 1. The van der Waals surface area contributed by atoms with Crippen molar-refractivity contribution in [3.63, 3.8) is 0 Å². The molecular formula is C20H28N2O3. The van der Waals surface area contributed by atoms with Gasteiger partial charge in [0, 0.05) is 64.0 Å². The number of ether oxygens (including phenoxy) is 2. The normalized spacial score (nSPS) is 27.8. The van der Waals surface area contributed by atoms with Crippen LogP contribution in [0.2, 0.25) is 0 Å². The van der Waals surface area contributed by atoms with E-state index in [1.807, 2.05) is 11.0 Å². The van der Waals surface area contributed by atoms with E-state index in [4.69, 9.17) is 9.47 Å². The van der Waals surface area contributed by atoms with Gasteiger partial charge in [0.05, 0.1) is 6.61 Å². The van der Waals surface area contributed by atoms with Crippen molar-refractivity contribution in [3.05, 3.63) is 29.8 Å². The van der Waals surface area contributed by atoms with E-state index >= 15 is 0 Å². The first kappa shape index (κ1) is 16.9. The van der Waals surface area contributed by atoms with Gasteiger partial charge in [0.25, 0.3) is 0 Å². The number of carbonyl (C=O) groups is 1. The molecular weight excluding hydrogens is 316 g/mol. The Morgan fingerprint density at radius 2 is 2.12 bits per heavy atom. The van der Waals surface area contributed by atoms with Crippen LogP contribution in [0.5, 0.6) is 5.75 Å². The number of piperidine rings is 1. The van der Waals surface area contributed by atoms with Crippen molar-refractivity contribution in [2.24, 2.45) is 5.92 Å². The largest absolute Gasteiger partial charge is 0.487 e. The third kappa shape index (κ3) is 3.53. The summed E-state index contributed by atoms with van der Waals surface area (Å²) in [6, 6.07) is 8.71. The minimum Gasteiger partial charge on any atom is -0.487 e. The second-order valence-corrected chi connectivity index (χ2v) is 7.72. The van der Waals surface area contributed by atoms with E-state index in [-0.39, 0.29) is 11.5 Å². The summed E-state index contributed by atoms with van der Waals surface area (Å²) in [4.78, 5) is 13.6. The Kier molecular flexibility index (Phi) is 4.69. The molecule has 2 atom stereocenters. The van der Waals surface area contributed by atoms with Gasteiger partial charge in [0.15, 0.2) is 0 Å². The first-order chi connectivity index (χ1) is 12.2. The van der Waals surface area contributed by atoms with Crippen LogP contribution >= 0.6 is 0 Å². The van der Waals surface area contributed by atoms with Gasteiger partial charge in [0.1, 0.15) is 11.4 Å². The van der Waals surface area contributed by atoms with Crippen molar-refractivity contribution < 1.29 is 14.3 Å². The monoisotopic (exact) mass is 344 g/mol. The molecule has 2 unspecified atom stereocenters. The number of rotatable bonds is 3. The number of para-hydroxylation sites is 1. The molecule has 1 aromatic rings. The maximum Gasteiger partial charge on any atom is 0.219 e. The van der Waals surface area contributed by atoms with Crippen molar-refractivity contribution in [2.75, 3.05) is 32.8 Å². The molecule has 1 spiro atoms. The number of likely N-dealkylation sites (tertiary alicyclic amines) is 1. The van der Waals surface area contributed by atoms with E-state index in [1.54, 1.807) is 6.92 Å². The third-order valence-corrected chi connectivity index (χ3v) is 5.99. The average molecular weight is 344 g/mol. The topological polar surface area (TPSA) is 50.8 Å². The van der Waals surface area contributed by atoms with Crippen LogP contribution in [0.3, 0.4) is 0 Å². The van der Waals surface area contributed by atoms with Gasteiger partial charge in [-0.1, -0.05) is 18.2 Å². The lowest BCUT2D eigenvalue weighted by Crippen LogP contribution is -2.52.